The molecule has 3 nitrogen and oxygen atoms in total. The van der Waals surface area contributed by atoms with E-state index in [-0.39, 0.29) is 17.8 Å². The predicted molar refractivity (Wildman–Crippen MR) is 63.3 cm³/mol. The molecule has 0 aromatic heterocycles. The Bertz CT molecular complexity index is 466. The number of ether oxygens (including phenoxy) is 2. The molecule has 18 heavy (non-hydrogen) atoms. The molecule has 2 atom stereocenters. The molecule has 0 amide bonds. The Balaban J connectivity index is 1.82. The third-order valence-electron chi connectivity index (χ3n) is 3.63. The molecule has 2 aliphatic rings. The summed E-state index contributed by atoms with van der Waals surface area (Å²) in [6.07, 6.45) is 2.23. The third-order valence-corrected chi connectivity index (χ3v) is 3.63. The number of fused-ring (bicyclic) bond motifs is 1. The lowest BCUT2D eigenvalue weighted by molar-refractivity contribution is -0.00368. The molecule has 1 saturated heterocycles. The summed E-state index contributed by atoms with van der Waals surface area (Å²) in [5.74, 6) is 0.334. The van der Waals surface area contributed by atoms with Crippen LogP contribution < -0.4 is 4.74 Å². The fourth-order valence-corrected chi connectivity index (χ4v) is 2.64. The second kappa shape index (κ2) is 4.69. The summed E-state index contributed by atoms with van der Waals surface area (Å²) in [6.45, 7) is 1.44. The summed E-state index contributed by atoms with van der Waals surface area (Å²) < 4.78 is 24.3. The van der Waals surface area contributed by atoms with Crippen molar-refractivity contribution < 1.29 is 18.7 Å². The number of carbonyl (C=O) groups is 1. The maximum absolute atomic E-state index is 13.1. The second-order valence-electron chi connectivity index (χ2n) is 4.90. The molecule has 0 bridgehead atoms. The molecule has 0 radical (unpaired) electrons. The topological polar surface area (TPSA) is 35.5 Å². The lowest BCUT2D eigenvalue weighted by Gasteiger charge is -2.33. The predicted octanol–water partition coefficient (Wildman–Crippen LogP) is 2.59. The van der Waals surface area contributed by atoms with Crippen molar-refractivity contribution in [1.82, 2.24) is 0 Å². The van der Waals surface area contributed by atoms with Gasteiger partial charge < -0.3 is 9.47 Å². The van der Waals surface area contributed by atoms with Gasteiger partial charge in [0.15, 0.2) is 5.78 Å². The largest absolute Gasteiger partial charge is 0.489 e. The Morgan fingerprint density at radius 3 is 3.00 bits per heavy atom. The van der Waals surface area contributed by atoms with E-state index in [1.807, 2.05) is 0 Å². The zero-order valence-electron chi connectivity index (χ0n) is 10.0. The van der Waals surface area contributed by atoms with Crippen molar-refractivity contribution in [3.05, 3.63) is 29.6 Å². The highest BCUT2D eigenvalue weighted by atomic mass is 19.1. The zero-order chi connectivity index (χ0) is 12.5. The number of hydrogen-bond donors (Lipinski definition) is 0. The number of benzene rings is 1. The monoisotopic (exact) mass is 250 g/mol. The normalized spacial score (nSPS) is 27.5. The lowest BCUT2D eigenvalue weighted by atomic mass is 9.89. The molecule has 0 saturated carbocycles. The van der Waals surface area contributed by atoms with Crippen molar-refractivity contribution in [2.24, 2.45) is 5.92 Å². The zero-order valence-corrected chi connectivity index (χ0v) is 10.0. The van der Waals surface area contributed by atoms with Crippen molar-refractivity contribution >= 4 is 5.78 Å². The second-order valence-corrected chi connectivity index (χ2v) is 4.90. The van der Waals surface area contributed by atoms with Crippen LogP contribution in [0.15, 0.2) is 18.2 Å². The number of rotatable bonds is 1. The molecule has 0 N–H and O–H groups in total. The third kappa shape index (κ3) is 2.12. The number of ketones is 1. The lowest BCUT2D eigenvalue weighted by Crippen LogP contribution is -2.38. The van der Waals surface area contributed by atoms with E-state index in [2.05, 4.69) is 0 Å². The molecule has 3 rings (SSSR count). The Hall–Kier alpha value is -1.42. The molecule has 2 unspecified atom stereocenters. The number of halogens is 1. The van der Waals surface area contributed by atoms with E-state index < -0.39 is 5.82 Å². The van der Waals surface area contributed by atoms with Crippen LogP contribution in [0.5, 0.6) is 5.75 Å². The van der Waals surface area contributed by atoms with Crippen LogP contribution in [0.3, 0.4) is 0 Å². The molecule has 2 aliphatic heterocycles. The van der Waals surface area contributed by atoms with Gasteiger partial charge in [0, 0.05) is 18.9 Å². The maximum atomic E-state index is 13.1. The van der Waals surface area contributed by atoms with E-state index in [4.69, 9.17) is 9.47 Å². The molecule has 96 valence electrons. The Labute approximate surface area is 105 Å². The Morgan fingerprint density at radius 2 is 2.22 bits per heavy atom. The van der Waals surface area contributed by atoms with Gasteiger partial charge >= 0.3 is 0 Å². The molecular weight excluding hydrogens is 235 g/mol. The fraction of sp³-hybridized carbons (Fsp3) is 0.500. The number of carbonyl (C=O) groups excluding carboxylic acids is 1. The van der Waals surface area contributed by atoms with E-state index in [1.165, 1.54) is 12.1 Å². The first kappa shape index (κ1) is 11.7. The van der Waals surface area contributed by atoms with Gasteiger partial charge in [0.1, 0.15) is 17.7 Å². The van der Waals surface area contributed by atoms with E-state index >= 15 is 0 Å². The minimum atomic E-state index is -0.398. The summed E-state index contributed by atoms with van der Waals surface area (Å²) in [4.78, 5) is 12.0. The van der Waals surface area contributed by atoms with Gasteiger partial charge in [-0.2, -0.15) is 0 Å². The fourth-order valence-electron chi connectivity index (χ4n) is 2.64. The molecule has 0 spiro atoms. The van der Waals surface area contributed by atoms with Gasteiger partial charge in [-0.05, 0) is 31.0 Å². The first-order chi connectivity index (χ1) is 8.74. The van der Waals surface area contributed by atoms with Crippen LogP contribution in [-0.2, 0) is 4.74 Å². The van der Waals surface area contributed by atoms with E-state index in [9.17, 15) is 9.18 Å². The summed E-state index contributed by atoms with van der Waals surface area (Å²) in [7, 11) is 0. The van der Waals surface area contributed by atoms with Crippen LogP contribution in [0.4, 0.5) is 4.39 Å². The van der Waals surface area contributed by atoms with Crippen LogP contribution in [-0.4, -0.2) is 25.1 Å². The summed E-state index contributed by atoms with van der Waals surface area (Å²) in [5.41, 5.74) is 0.364. The first-order valence-electron chi connectivity index (χ1n) is 6.31. The van der Waals surface area contributed by atoms with Gasteiger partial charge in [-0.3, -0.25) is 4.79 Å². The van der Waals surface area contributed by atoms with E-state index in [0.717, 1.165) is 19.4 Å². The van der Waals surface area contributed by atoms with Crippen LogP contribution >= 0.6 is 0 Å². The highest BCUT2D eigenvalue weighted by molar-refractivity contribution is 5.99. The van der Waals surface area contributed by atoms with Crippen LogP contribution in [0, 0.1) is 11.7 Å². The standard InChI is InChI=1S/C14H15FO3/c15-10-3-4-13-11(6-10)12(16)7-14(18-13)9-2-1-5-17-8-9/h3-4,6,9,14H,1-2,5,7-8H2. The summed E-state index contributed by atoms with van der Waals surface area (Å²) in [6, 6.07) is 4.12. The van der Waals surface area contributed by atoms with Crippen molar-refractivity contribution in [2.75, 3.05) is 13.2 Å². The maximum Gasteiger partial charge on any atom is 0.170 e. The van der Waals surface area contributed by atoms with Crippen LogP contribution in [0.2, 0.25) is 0 Å². The van der Waals surface area contributed by atoms with Gasteiger partial charge in [-0.1, -0.05) is 0 Å². The van der Waals surface area contributed by atoms with E-state index in [1.54, 1.807) is 6.07 Å². The van der Waals surface area contributed by atoms with Gasteiger partial charge in [0.25, 0.3) is 0 Å². The van der Waals surface area contributed by atoms with Gasteiger partial charge in [0.05, 0.1) is 12.2 Å². The molecule has 4 heteroatoms. The molecule has 0 aliphatic carbocycles. The number of Topliss-reactive ketones (excluding diaryl/α,β-unsaturated/α-hetero) is 1. The Kier molecular flexibility index (Phi) is 3.04. The minimum Gasteiger partial charge on any atom is -0.489 e. The van der Waals surface area contributed by atoms with Gasteiger partial charge in [0.2, 0.25) is 0 Å². The van der Waals surface area contributed by atoms with Crippen molar-refractivity contribution in [3.8, 4) is 5.75 Å². The van der Waals surface area contributed by atoms with Crippen molar-refractivity contribution in [1.29, 1.82) is 0 Å². The molecule has 1 aromatic rings. The smallest absolute Gasteiger partial charge is 0.170 e. The average Bonchev–Trinajstić information content (AvgIpc) is 2.40. The summed E-state index contributed by atoms with van der Waals surface area (Å²) >= 11 is 0. The quantitative estimate of drug-likeness (QED) is 0.768. The number of hydrogen-bond acceptors (Lipinski definition) is 3. The van der Waals surface area contributed by atoms with Crippen molar-refractivity contribution in [3.63, 3.8) is 0 Å². The Morgan fingerprint density at radius 1 is 1.33 bits per heavy atom. The highest BCUT2D eigenvalue weighted by Crippen LogP contribution is 2.33. The van der Waals surface area contributed by atoms with Gasteiger partial charge in [-0.15, -0.1) is 0 Å². The van der Waals surface area contributed by atoms with Crippen LogP contribution in [0.25, 0.3) is 0 Å². The SMILES string of the molecule is O=C1CC(C2CCCOC2)Oc2ccc(F)cc21. The molecule has 2 heterocycles. The van der Waals surface area contributed by atoms with Gasteiger partial charge in [-0.25, -0.2) is 4.39 Å². The highest BCUT2D eigenvalue weighted by Gasteiger charge is 2.33. The summed E-state index contributed by atoms with van der Waals surface area (Å²) in [5, 5.41) is 0. The first-order valence-corrected chi connectivity index (χ1v) is 6.31. The van der Waals surface area contributed by atoms with Crippen LogP contribution in [0.1, 0.15) is 29.6 Å². The molecule has 1 fully saturated rings. The molecular formula is C14H15FO3. The average molecular weight is 250 g/mol. The minimum absolute atomic E-state index is 0.0358. The molecule has 1 aromatic carbocycles. The van der Waals surface area contributed by atoms with Crippen molar-refractivity contribution in [2.45, 2.75) is 25.4 Å². The van der Waals surface area contributed by atoms with E-state index in [0.29, 0.717) is 24.3 Å².